The van der Waals surface area contributed by atoms with E-state index in [0.717, 1.165) is 5.33 Å². The van der Waals surface area contributed by atoms with Gasteiger partial charge in [0.1, 0.15) is 0 Å². The molecular weight excluding hydrogens is 240 g/mol. The summed E-state index contributed by atoms with van der Waals surface area (Å²) in [7, 11) is -2.83. The van der Waals surface area contributed by atoms with E-state index in [1.165, 1.54) is 0 Å². The van der Waals surface area contributed by atoms with Gasteiger partial charge in [-0.2, -0.15) is 0 Å². The average molecular weight is 257 g/mol. The van der Waals surface area contributed by atoms with Crippen molar-refractivity contribution in [2.75, 3.05) is 16.8 Å². The number of hydrogen-bond acceptors (Lipinski definition) is 2. The number of alkyl halides is 1. The van der Waals surface area contributed by atoms with Gasteiger partial charge in [0.2, 0.25) is 0 Å². The molecule has 0 aliphatic carbocycles. The van der Waals surface area contributed by atoms with E-state index in [0.29, 0.717) is 12.2 Å². The first-order valence-electron chi connectivity index (χ1n) is 4.09. The van der Waals surface area contributed by atoms with E-state index in [1.54, 1.807) is 0 Å². The summed E-state index contributed by atoms with van der Waals surface area (Å²) in [6.45, 7) is 5.79. The molecule has 74 valence electrons. The van der Waals surface area contributed by atoms with Gasteiger partial charge in [-0.15, -0.1) is 0 Å². The number of halogens is 1. The van der Waals surface area contributed by atoms with Crippen LogP contribution in [0.3, 0.4) is 0 Å². The van der Waals surface area contributed by atoms with E-state index >= 15 is 0 Å². The Balaban J connectivity index is 4.25. The second kappa shape index (κ2) is 4.61. The Labute approximate surface area is 83.8 Å². The number of sulfone groups is 1. The quantitative estimate of drug-likeness (QED) is 0.708. The lowest BCUT2D eigenvalue weighted by atomic mass is 10.0. The molecule has 0 N–H and O–H groups in total. The monoisotopic (exact) mass is 256 g/mol. The summed E-state index contributed by atoms with van der Waals surface area (Å²) in [5.74, 6) is 0.586. The van der Waals surface area contributed by atoms with Gasteiger partial charge in [0.15, 0.2) is 9.84 Å². The molecule has 2 nitrogen and oxygen atoms in total. The maximum atomic E-state index is 11.4. The Morgan fingerprint density at radius 3 is 2.17 bits per heavy atom. The zero-order valence-electron chi connectivity index (χ0n) is 7.93. The predicted molar refractivity (Wildman–Crippen MR) is 56.5 cm³/mol. The molecule has 0 atom stereocenters. The van der Waals surface area contributed by atoms with Gasteiger partial charge >= 0.3 is 0 Å². The summed E-state index contributed by atoms with van der Waals surface area (Å²) in [6.07, 6.45) is 0.709. The van der Waals surface area contributed by atoms with E-state index in [9.17, 15) is 8.42 Å². The van der Waals surface area contributed by atoms with Crippen molar-refractivity contribution < 1.29 is 8.42 Å². The molecule has 0 bridgehead atoms. The Morgan fingerprint density at radius 1 is 1.33 bits per heavy atom. The molecule has 0 fully saturated rings. The van der Waals surface area contributed by atoms with Gasteiger partial charge in [-0.1, -0.05) is 36.7 Å². The molecule has 0 radical (unpaired) electrons. The second-order valence-electron chi connectivity index (χ2n) is 3.89. The third-order valence-electron chi connectivity index (χ3n) is 1.49. The van der Waals surface area contributed by atoms with Crippen LogP contribution in [0, 0.1) is 5.41 Å². The molecule has 0 aromatic carbocycles. The van der Waals surface area contributed by atoms with Crippen molar-refractivity contribution in [2.24, 2.45) is 5.41 Å². The standard InChI is InChI=1S/C8H17BrO2S/c1-4-5-12(10,11)7-8(2,3)6-9/h4-7H2,1-3H3. The van der Waals surface area contributed by atoms with Crippen LogP contribution in [0.2, 0.25) is 0 Å². The fourth-order valence-electron chi connectivity index (χ4n) is 1.02. The van der Waals surface area contributed by atoms with Crippen molar-refractivity contribution in [3.05, 3.63) is 0 Å². The molecule has 12 heavy (non-hydrogen) atoms. The van der Waals surface area contributed by atoms with Crippen LogP contribution < -0.4 is 0 Å². The number of rotatable bonds is 5. The van der Waals surface area contributed by atoms with Crippen LogP contribution >= 0.6 is 15.9 Å². The molecule has 0 aliphatic heterocycles. The van der Waals surface area contributed by atoms with Gasteiger partial charge in [-0.05, 0) is 11.8 Å². The van der Waals surface area contributed by atoms with Gasteiger partial charge in [0, 0.05) is 11.1 Å². The van der Waals surface area contributed by atoms with Crippen molar-refractivity contribution in [1.29, 1.82) is 0 Å². The molecule has 0 heterocycles. The molecule has 0 aromatic rings. The second-order valence-corrected chi connectivity index (χ2v) is 6.63. The number of hydrogen-bond donors (Lipinski definition) is 0. The van der Waals surface area contributed by atoms with Crippen LogP contribution in [0.5, 0.6) is 0 Å². The SMILES string of the molecule is CCCS(=O)(=O)CC(C)(C)CBr. The van der Waals surface area contributed by atoms with Crippen LogP contribution in [0.1, 0.15) is 27.2 Å². The minimum absolute atomic E-state index is 0.145. The summed E-state index contributed by atoms with van der Waals surface area (Å²) in [4.78, 5) is 0. The molecule has 0 saturated carbocycles. The summed E-state index contributed by atoms with van der Waals surface area (Å²) in [6, 6.07) is 0. The maximum absolute atomic E-state index is 11.4. The highest BCUT2D eigenvalue weighted by atomic mass is 79.9. The fourth-order valence-corrected chi connectivity index (χ4v) is 3.54. The first kappa shape index (κ1) is 12.4. The molecule has 0 amide bonds. The van der Waals surface area contributed by atoms with Gasteiger partial charge < -0.3 is 0 Å². The Hall–Kier alpha value is 0.430. The molecule has 0 aliphatic rings. The van der Waals surface area contributed by atoms with Gasteiger partial charge in [0.25, 0.3) is 0 Å². The molecule has 0 unspecified atom stereocenters. The van der Waals surface area contributed by atoms with E-state index < -0.39 is 9.84 Å². The van der Waals surface area contributed by atoms with Crippen LogP contribution in [-0.2, 0) is 9.84 Å². The molecule has 0 rings (SSSR count). The Kier molecular flexibility index (Phi) is 4.77. The van der Waals surface area contributed by atoms with Crippen molar-refractivity contribution in [3.8, 4) is 0 Å². The molecule has 0 saturated heterocycles. The highest BCUT2D eigenvalue weighted by molar-refractivity contribution is 9.09. The fraction of sp³-hybridized carbons (Fsp3) is 1.00. The highest BCUT2D eigenvalue weighted by Crippen LogP contribution is 2.21. The largest absolute Gasteiger partial charge is 0.229 e. The molecule has 0 spiro atoms. The molecule has 4 heteroatoms. The summed E-state index contributed by atoms with van der Waals surface area (Å²) in [5, 5.41) is 0.725. The third-order valence-corrected chi connectivity index (χ3v) is 5.26. The van der Waals surface area contributed by atoms with Crippen molar-refractivity contribution in [1.82, 2.24) is 0 Å². The lowest BCUT2D eigenvalue weighted by Crippen LogP contribution is -2.26. The van der Waals surface area contributed by atoms with E-state index in [4.69, 9.17) is 0 Å². The van der Waals surface area contributed by atoms with Crippen LogP contribution in [0.4, 0.5) is 0 Å². The normalized spacial score (nSPS) is 13.3. The molecule has 0 aromatic heterocycles. The first-order valence-corrected chi connectivity index (χ1v) is 7.03. The predicted octanol–water partition coefficient (Wildman–Crippen LogP) is 2.23. The lowest BCUT2D eigenvalue weighted by Gasteiger charge is -2.20. The van der Waals surface area contributed by atoms with Crippen molar-refractivity contribution >= 4 is 25.8 Å². The smallest absolute Gasteiger partial charge is 0.150 e. The molecular formula is C8H17BrO2S. The third kappa shape index (κ3) is 5.14. The summed E-state index contributed by atoms with van der Waals surface area (Å²) < 4.78 is 22.8. The van der Waals surface area contributed by atoms with Crippen molar-refractivity contribution in [3.63, 3.8) is 0 Å². The summed E-state index contributed by atoms with van der Waals surface area (Å²) >= 11 is 3.31. The van der Waals surface area contributed by atoms with Crippen LogP contribution in [-0.4, -0.2) is 25.3 Å². The lowest BCUT2D eigenvalue weighted by molar-refractivity contribution is 0.474. The van der Waals surface area contributed by atoms with Crippen molar-refractivity contribution in [2.45, 2.75) is 27.2 Å². The van der Waals surface area contributed by atoms with E-state index in [1.807, 2.05) is 20.8 Å². The van der Waals surface area contributed by atoms with E-state index in [2.05, 4.69) is 15.9 Å². The van der Waals surface area contributed by atoms with Crippen LogP contribution in [0.25, 0.3) is 0 Å². The van der Waals surface area contributed by atoms with Gasteiger partial charge in [0.05, 0.1) is 5.75 Å². The maximum Gasteiger partial charge on any atom is 0.150 e. The highest BCUT2D eigenvalue weighted by Gasteiger charge is 2.24. The average Bonchev–Trinajstić information content (AvgIpc) is 1.85. The van der Waals surface area contributed by atoms with E-state index in [-0.39, 0.29) is 11.2 Å². The van der Waals surface area contributed by atoms with Crippen LogP contribution in [0.15, 0.2) is 0 Å². The zero-order chi connectivity index (χ0) is 9.83. The Morgan fingerprint density at radius 2 is 1.83 bits per heavy atom. The minimum Gasteiger partial charge on any atom is -0.229 e. The zero-order valence-corrected chi connectivity index (χ0v) is 10.3. The van der Waals surface area contributed by atoms with Gasteiger partial charge in [-0.25, -0.2) is 8.42 Å². The first-order chi connectivity index (χ1) is 5.33. The van der Waals surface area contributed by atoms with Gasteiger partial charge in [-0.3, -0.25) is 0 Å². The topological polar surface area (TPSA) is 34.1 Å². The minimum atomic E-state index is -2.83. The Bertz CT molecular complexity index is 219. The summed E-state index contributed by atoms with van der Waals surface area (Å²) in [5.41, 5.74) is -0.145.